The Morgan fingerprint density at radius 2 is 2.00 bits per heavy atom. The minimum absolute atomic E-state index is 0.00481. The Balaban J connectivity index is 1.63. The number of nitrogens with zero attached hydrogens (tertiary/aromatic N) is 2. The smallest absolute Gasteiger partial charge is 0.350 e. The van der Waals surface area contributed by atoms with E-state index in [0.717, 1.165) is 41.9 Å². The van der Waals surface area contributed by atoms with Gasteiger partial charge in [0.25, 0.3) is 5.78 Å². The van der Waals surface area contributed by atoms with Gasteiger partial charge in [-0.1, -0.05) is 43.2 Å². The molecule has 0 radical (unpaired) electrons. The number of Topliss-reactive ketones (excluding diaryl/α,β-unsaturated/α-hetero) is 1. The lowest BCUT2D eigenvalue weighted by Gasteiger charge is -2.23. The van der Waals surface area contributed by atoms with Crippen LogP contribution in [0.15, 0.2) is 48.0 Å². The number of carbonyl (C=O) groups excluding carboxylic acids is 3. The molecule has 3 heterocycles. The number of ketones is 1. The van der Waals surface area contributed by atoms with E-state index in [4.69, 9.17) is 14.2 Å². The fraction of sp³-hybridized carbons (Fsp3) is 0.355. The molecule has 1 fully saturated rings. The quantitative estimate of drug-likeness (QED) is 0.112. The van der Waals surface area contributed by atoms with E-state index >= 15 is 0 Å². The van der Waals surface area contributed by atoms with Crippen molar-refractivity contribution in [2.24, 2.45) is 0 Å². The molecule has 1 N–H and O–H groups in total. The number of esters is 1. The number of benzene rings is 2. The van der Waals surface area contributed by atoms with E-state index < -0.39 is 23.7 Å². The number of aromatic nitrogens is 1. The van der Waals surface area contributed by atoms with Crippen LogP contribution in [-0.2, 0) is 20.7 Å². The Kier molecular flexibility index (Phi) is 8.12. The van der Waals surface area contributed by atoms with Gasteiger partial charge in [-0.3, -0.25) is 14.5 Å². The lowest BCUT2D eigenvalue weighted by atomic mass is 9.94. The number of aliphatic hydroxyl groups excluding tert-OH is 1. The second kappa shape index (κ2) is 11.7. The topological polar surface area (TPSA) is 115 Å². The van der Waals surface area contributed by atoms with Crippen LogP contribution in [0.2, 0.25) is 0 Å². The van der Waals surface area contributed by atoms with Gasteiger partial charge in [0.1, 0.15) is 28.2 Å². The zero-order valence-electron chi connectivity index (χ0n) is 23.4. The zero-order valence-corrected chi connectivity index (χ0v) is 24.2. The first-order chi connectivity index (χ1) is 19.7. The number of thiazole rings is 1. The first kappa shape index (κ1) is 28.4. The summed E-state index contributed by atoms with van der Waals surface area (Å²) in [4.78, 5) is 45.4. The number of unbranched alkanes of at least 4 members (excludes halogenated alkanes) is 2. The van der Waals surface area contributed by atoms with Crippen LogP contribution in [0, 0.1) is 6.92 Å². The minimum Gasteiger partial charge on any atom is -0.507 e. The monoisotopic (exact) mass is 576 g/mol. The number of anilines is 1. The van der Waals surface area contributed by atoms with Crippen molar-refractivity contribution in [3.63, 3.8) is 0 Å². The fourth-order valence-corrected chi connectivity index (χ4v) is 6.17. The van der Waals surface area contributed by atoms with Crippen molar-refractivity contribution in [1.29, 1.82) is 0 Å². The largest absolute Gasteiger partial charge is 0.507 e. The van der Waals surface area contributed by atoms with Gasteiger partial charge < -0.3 is 19.3 Å². The second-order valence-electron chi connectivity index (χ2n) is 10.2. The van der Waals surface area contributed by atoms with E-state index in [1.807, 2.05) is 13.0 Å². The van der Waals surface area contributed by atoms with E-state index in [0.29, 0.717) is 35.6 Å². The van der Waals surface area contributed by atoms with Crippen LogP contribution in [0.1, 0.15) is 71.2 Å². The van der Waals surface area contributed by atoms with Gasteiger partial charge in [-0.05, 0) is 61.7 Å². The average molecular weight is 577 g/mol. The molecule has 214 valence electrons. The van der Waals surface area contributed by atoms with Crippen LogP contribution in [0.4, 0.5) is 5.13 Å². The summed E-state index contributed by atoms with van der Waals surface area (Å²) >= 11 is 0.958. The molecule has 0 saturated carbocycles. The third-order valence-electron chi connectivity index (χ3n) is 7.17. The predicted molar refractivity (Wildman–Crippen MR) is 155 cm³/mol. The summed E-state index contributed by atoms with van der Waals surface area (Å²) in [5.41, 5.74) is 2.18. The number of hydrogen-bond donors (Lipinski definition) is 1. The lowest BCUT2D eigenvalue weighted by Crippen LogP contribution is -2.29. The second-order valence-corrected chi connectivity index (χ2v) is 11.1. The zero-order chi connectivity index (χ0) is 29.3. The normalized spacial score (nSPS) is 19.3. The van der Waals surface area contributed by atoms with Crippen molar-refractivity contribution >= 4 is 39.9 Å². The number of hydrogen-bond acceptors (Lipinski definition) is 9. The van der Waals surface area contributed by atoms with Gasteiger partial charge >= 0.3 is 11.9 Å². The highest BCUT2D eigenvalue weighted by Crippen LogP contribution is 2.45. The first-order valence-corrected chi connectivity index (χ1v) is 14.4. The molecular weight excluding hydrogens is 544 g/mol. The Bertz CT molecular complexity index is 1540. The SMILES string of the molecule is CCCCCOc1cccc(C2/C(=C(\O)c3ccc4c(c3)CC(C)O4)C(=O)C(=O)N2c2nc(C)c(C(=O)OC)s2)c1. The third kappa shape index (κ3) is 5.44. The van der Waals surface area contributed by atoms with Gasteiger partial charge in [0.2, 0.25) is 0 Å². The third-order valence-corrected chi connectivity index (χ3v) is 8.30. The maximum atomic E-state index is 13.6. The van der Waals surface area contributed by atoms with Crippen molar-refractivity contribution in [2.45, 2.75) is 58.6 Å². The van der Waals surface area contributed by atoms with Gasteiger partial charge in [0.15, 0.2) is 5.13 Å². The van der Waals surface area contributed by atoms with Crippen LogP contribution >= 0.6 is 11.3 Å². The number of aryl methyl sites for hydroxylation is 1. The number of ether oxygens (including phenoxy) is 3. The molecule has 1 saturated heterocycles. The predicted octanol–water partition coefficient (Wildman–Crippen LogP) is 5.76. The highest BCUT2D eigenvalue weighted by molar-refractivity contribution is 7.17. The molecule has 9 nitrogen and oxygen atoms in total. The number of methoxy groups -OCH3 is 1. The highest BCUT2D eigenvalue weighted by Gasteiger charge is 2.48. The van der Waals surface area contributed by atoms with E-state index in [9.17, 15) is 19.5 Å². The molecule has 3 aromatic rings. The Morgan fingerprint density at radius 3 is 2.76 bits per heavy atom. The number of aliphatic hydroxyl groups is 1. The Hall–Kier alpha value is -4.18. The van der Waals surface area contributed by atoms with Gasteiger partial charge in [-0.15, -0.1) is 0 Å². The number of amides is 1. The molecule has 10 heteroatoms. The van der Waals surface area contributed by atoms with E-state index in [1.54, 1.807) is 43.3 Å². The van der Waals surface area contributed by atoms with Crippen LogP contribution in [0.25, 0.3) is 5.76 Å². The molecule has 2 aromatic carbocycles. The Morgan fingerprint density at radius 1 is 1.20 bits per heavy atom. The van der Waals surface area contributed by atoms with Crippen molar-refractivity contribution < 1.29 is 33.7 Å². The number of fused-ring (bicyclic) bond motifs is 1. The molecule has 2 atom stereocenters. The number of rotatable bonds is 9. The maximum absolute atomic E-state index is 13.6. The lowest BCUT2D eigenvalue weighted by molar-refractivity contribution is -0.132. The minimum atomic E-state index is -1.01. The molecule has 5 rings (SSSR count). The molecule has 1 amide bonds. The molecule has 2 aliphatic rings. The Labute approximate surface area is 242 Å². The van der Waals surface area contributed by atoms with E-state index in [1.165, 1.54) is 12.0 Å². The van der Waals surface area contributed by atoms with Gasteiger partial charge in [0.05, 0.1) is 31.0 Å². The summed E-state index contributed by atoms with van der Waals surface area (Å²) in [6.07, 6.45) is 3.67. The highest BCUT2D eigenvalue weighted by atomic mass is 32.1. The van der Waals surface area contributed by atoms with Gasteiger partial charge in [-0.2, -0.15) is 0 Å². The van der Waals surface area contributed by atoms with E-state index in [-0.39, 0.29) is 27.4 Å². The molecular formula is C31H32N2O7S. The van der Waals surface area contributed by atoms with Crippen LogP contribution in [0.3, 0.4) is 0 Å². The molecule has 0 spiro atoms. The maximum Gasteiger partial charge on any atom is 0.350 e. The fourth-order valence-electron chi connectivity index (χ4n) is 5.15. The van der Waals surface area contributed by atoms with Crippen molar-refractivity contribution in [2.75, 3.05) is 18.6 Å². The van der Waals surface area contributed by atoms with Crippen LogP contribution in [0.5, 0.6) is 11.5 Å². The number of carbonyl (C=O) groups is 3. The summed E-state index contributed by atoms with van der Waals surface area (Å²) < 4.78 is 16.6. The summed E-state index contributed by atoms with van der Waals surface area (Å²) in [5.74, 6) is -1.27. The molecule has 2 aliphatic heterocycles. The van der Waals surface area contributed by atoms with Crippen LogP contribution in [-0.4, -0.2) is 47.6 Å². The summed E-state index contributed by atoms with van der Waals surface area (Å²) in [5, 5.41) is 11.7. The first-order valence-electron chi connectivity index (χ1n) is 13.6. The average Bonchev–Trinajstić information content (AvgIpc) is 3.62. The molecule has 0 aliphatic carbocycles. The molecule has 41 heavy (non-hydrogen) atoms. The van der Waals surface area contributed by atoms with Crippen LogP contribution < -0.4 is 14.4 Å². The summed E-state index contributed by atoms with van der Waals surface area (Å²) in [6, 6.07) is 11.3. The summed E-state index contributed by atoms with van der Waals surface area (Å²) in [6.45, 7) is 6.24. The van der Waals surface area contributed by atoms with Crippen molar-refractivity contribution in [3.05, 3.63) is 75.3 Å². The molecule has 2 unspecified atom stereocenters. The summed E-state index contributed by atoms with van der Waals surface area (Å²) in [7, 11) is 1.27. The van der Waals surface area contributed by atoms with Crippen molar-refractivity contribution in [1.82, 2.24) is 4.98 Å². The molecule has 1 aromatic heterocycles. The van der Waals surface area contributed by atoms with Gasteiger partial charge in [0, 0.05) is 12.0 Å². The standard InChI is InChI=1S/C31H32N2O7S/c1-5-6-7-13-39-22-10-8-9-19(16-22)25-24(26(34)20-11-12-23-21(15-20)14-17(2)40-23)27(35)29(36)33(25)31-32-18(3)28(41-31)30(37)38-4/h8-12,15-17,25,34H,5-7,13-14H2,1-4H3/b26-24+. The van der Waals surface area contributed by atoms with Gasteiger partial charge in [-0.25, -0.2) is 9.78 Å². The van der Waals surface area contributed by atoms with E-state index in [2.05, 4.69) is 11.9 Å². The van der Waals surface area contributed by atoms with Crippen molar-refractivity contribution in [3.8, 4) is 11.5 Å². The molecule has 0 bridgehead atoms.